The van der Waals surface area contributed by atoms with Crippen LogP contribution in [0.3, 0.4) is 0 Å². The third kappa shape index (κ3) is 5.46. The van der Waals surface area contributed by atoms with Gasteiger partial charge >= 0.3 is 5.97 Å². The smallest absolute Gasteiger partial charge is 0.311 e. The molecule has 0 bridgehead atoms. The number of carbonyl (C=O) groups excluding carboxylic acids is 2. The molecule has 3 aromatic rings. The predicted octanol–water partition coefficient (Wildman–Crippen LogP) is 4.98. The van der Waals surface area contributed by atoms with Crippen molar-refractivity contribution in [3.05, 3.63) is 101 Å². The molecule has 0 aromatic heterocycles. The molecule has 182 valence electrons. The Morgan fingerprint density at radius 2 is 1.69 bits per heavy atom. The van der Waals surface area contributed by atoms with Crippen molar-refractivity contribution in [1.29, 1.82) is 0 Å². The minimum atomic E-state index is -1.37. The van der Waals surface area contributed by atoms with Crippen LogP contribution in [0.1, 0.15) is 42.0 Å². The van der Waals surface area contributed by atoms with E-state index in [2.05, 4.69) is 0 Å². The normalized spacial score (nSPS) is 18.5. The van der Waals surface area contributed by atoms with Crippen molar-refractivity contribution in [3.8, 4) is 0 Å². The summed E-state index contributed by atoms with van der Waals surface area (Å²) in [5.41, 5.74) is 10.8. The van der Waals surface area contributed by atoms with Crippen molar-refractivity contribution in [1.82, 2.24) is 0 Å². The van der Waals surface area contributed by atoms with Gasteiger partial charge in [-0.15, -0.1) is 0 Å². The molecular weight excluding hydrogens is 436 g/mol. The fourth-order valence-electron chi connectivity index (χ4n) is 4.94. The van der Waals surface area contributed by atoms with E-state index in [1.165, 1.54) is 0 Å². The largest absolute Gasteiger partial charge is 0.466 e. The molecule has 5 heteroatoms. The van der Waals surface area contributed by atoms with E-state index < -0.39 is 17.4 Å². The van der Waals surface area contributed by atoms with Crippen molar-refractivity contribution < 1.29 is 14.3 Å². The van der Waals surface area contributed by atoms with Gasteiger partial charge in [-0.1, -0.05) is 78.4 Å². The van der Waals surface area contributed by atoms with E-state index in [-0.39, 0.29) is 12.5 Å². The molecule has 0 aliphatic carbocycles. The van der Waals surface area contributed by atoms with Crippen LogP contribution in [0.4, 0.5) is 5.69 Å². The number of para-hydroxylation sites is 1. The molecule has 35 heavy (non-hydrogen) atoms. The van der Waals surface area contributed by atoms with Crippen molar-refractivity contribution in [2.45, 2.75) is 51.6 Å². The zero-order valence-corrected chi connectivity index (χ0v) is 20.6. The molecule has 1 aliphatic rings. The molecule has 2 atom stereocenters. The molecule has 0 fully saturated rings. The standard InChI is InChI=1S/C30H34N2O3/c1-3-35-28(33)26(18-17-23-9-5-4-6-10-23)30(31)20-19-25-11-7-8-12-27(25)32(29(30)34)21-24-15-13-22(2)14-16-24/h4-16,26H,3,17-21,31H2,1-2H3/t26-,30-/m1/s1. The summed E-state index contributed by atoms with van der Waals surface area (Å²) in [6.45, 7) is 4.46. The molecular formula is C30H34N2O3. The van der Waals surface area contributed by atoms with Crippen molar-refractivity contribution in [3.63, 3.8) is 0 Å². The topological polar surface area (TPSA) is 72.6 Å². The Hall–Kier alpha value is -3.44. The van der Waals surface area contributed by atoms with Crippen molar-refractivity contribution in [2.75, 3.05) is 11.5 Å². The number of ether oxygens (including phenoxy) is 1. The number of rotatable bonds is 8. The molecule has 1 amide bonds. The van der Waals surface area contributed by atoms with Gasteiger partial charge in [-0.05, 0) is 62.3 Å². The van der Waals surface area contributed by atoms with E-state index in [1.54, 1.807) is 11.8 Å². The average molecular weight is 471 g/mol. The van der Waals surface area contributed by atoms with Crippen LogP contribution in [0.15, 0.2) is 78.9 Å². The lowest BCUT2D eigenvalue weighted by atomic mass is 9.76. The Labute approximate surface area is 207 Å². The highest BCUT2D eigenvalue weighted by Crippen LogP contribution is 2.37. The van der Waals surface area contributed by atoms with E-state index >= 15 is 0 Å². The summed E-state index contributed by atoms with van der Waals surface area (Å²) in [6, 6.07) is 26.1. The van der Waals surface area contributed by atoms with Gasteiger partial charge in [-0.2, -0.15) is 0 Å². The summed E-state index contributed by atoms with van der Waals surface area (Å²) in [5.74, 6) is -1.38. The predicted molar refractivity (Wildman–Crippen MR) is 139 cm³/mol. The highest BCUT2D eigenvalue weighted by Gasteiger charge is 2.50. The van der Waals surface area contributed by atoms with Crippen LogP contribution >= 0.6 is 0 Å². The van der Waals surface area contributed by atoms with E-state index in [0.717, 1.165) is 27.9 Å². The second kappa shape index (κ2) is 10.9. The first-order valence-electron chi connectivity index (χ1n) is 12.4. The average Bonchev–Trinajstić information content (AvgIpc) is 2.97. The second-order valence-electron chi connectivity index (χ2n) is 9.37. The minimum Gasteiger partial charge on any atom is -0.466 e. The first kappa shape index (κ1) is 24.7. The van der Waals surface area contributed by atoms with Gasteiger partial charge in [0.2, 0.25) is 5.91 Å². The number of esters is 1. The van der Waals surface area contributed by atoms with E-state index in [9.17, 15) is 9.59 Å². The Kier molecular flexibility index (Phi) is 7.67. The number of hydrogen-bond donors (Lipinski definition) is 1. The first-order valence-corrected chi connectivity index (χ1v) is 12.4. The van der Waals surface area contributed by atoms with Gasteiger partial charge in [0.15, 0.2) is 0 Å². The summed E-state index contributed by atoms with van der Waals surface area (Å²) >= 11 is 0. The summed E-state index contributed by atoms with van der Waals surface area (Å²) in [5, 5.41) is 0. The lowest BCUT2D eigenvalue weighted by Gasteiger charge is -2.37. The number of anilines is 1. The number of fused-ring (bicyclic) bond motifs is 1. The fraction of sp³-hybridized carbons (Fsp3) is 0.333. The van der Waals surface area contributed by atoms with Gasteiger partial charge in [0.05, 0.1) is 19.1 Å². The number of hydrogen-bond acceptors (Lipinski definition) is 4. The molecule has 5 nitrogen and oxygen atoms in total. The third-order valence-corrected chi connectivity index (χ3v) is 6.95. The van der Waals surface area contributed by atoms with Crippen LogP contribution in [0.2, 0.25) is 0 Å². The zero-order valence-electron chi connectivity index (χ0n) is 20.6. The van der Waals surface area contributed by atoms with Gasteiger partial charge in [-0.25, -0.2) is 0 Å². The summed E-state index contributed by atoms with van der Waals surface area (Å²) < 4.78 is 5.45. The SMILES string of the molecule is CCOC(=O)[C@@H](CCc1ccccc1)[C@]1(N)CCc2ccccc2N(Cc2ccc(C)cc2)C1=O. The molecule has 0 radical (unpaired) electrons. The van der Waals surface area contributed by atoms with E-state index in [1.807, 2.05) is 85.8 Å². The van der Waals surface area contributed by atoms with Crippen LogP contribution in [0.25, 0.3) is 0 Å². The van der Waals surface area contributed by atoms with Gasteiger partial charge < -0.3 is 15.4 Å². The van der Waals surface area contributed by atoms with Gasteiger partial charge in [-0.3, -0.25) is 9.59 Å². The lowest BCUT2D eigenvalue weighted by Crippen LogP contribution is -2.61. The molecule has 0 unspecified atom stereocenters. The maximum absolute atomic E-state index is 14.3. The number of amides is 1. The van der Waals surface area contributed by atoms with E-state index in [0.29, 0.717) is 32.2 Å². The van der Waals surface area contributed by atoms with E-state index in [4.69, 9.17) is 10.5 Å². The zero-order chi connectivity index (χ0) is 24.8. The highest BCUT2D eigenvalue weighted by molar-refractivity contribution is 6.04. The summed E-state index contributed by atoms with van der Waals surface area (Å²) in [4.78, 5) is 29.3. The number of nitrogens with two attached hydrogens (primary N) is 1. The highest BCUT2D eigenvalue weighted by atomic mass is 16.5. The molecule has 3 aromatic carbocycles. The Balaban J connectivity index is 1.71. The summed E-state index contributed by atoms with van der Waals surface area (Å²) in [7, 11) is 0. The maximum Gasteiger partial charge on any atom is 0.311 e. The van der Waals surface area contributed by atoms with Crippen molar-refractivity contribution in [2.24, 2.45) is 11.7 Å². The van der Waals surface area contributed by atoms with Crippen LogP contribution in [-0.2, 0) is 33.7 Å². The van der Waals surface area contributed by atoms with Gasteiger partial charge in [0, 0.05) is 5.69 Å². The van der Waals surface area contributed by atoms with Crippen LogP contribution in [0, 0.1) is 12.8 Å². The molecule has 4 rings (SSSR count). The molecule has 1 aliphatic heterocycles. The van der Waals surface area contributed by atoms with Gasteiger partial charge in [0.25, 0.3) is 0 Å². The summed E-state index contributed by atoms with van der Waals surface area (Å²) in [6.07, 6.45) is 2.08. The van der Waals surface area contributed by atoms with Gasteiger partial charge in [0.1, 0.15) is 5.54 Å². The molecule has 0 saturated carbocycles. The van der Waals surface area contributed by atoms with Crippen molar-refractivity contribution >= 4 is 17.6 Å². The van der Waals surface area contributed by atoms with Crippen LogP contribution in [0.5, 0.6) is 0 Å². The molecule has 0 spiro atoms. The first-order chi connectivity index (χ1) is 16.9. The Morgan fingerprint density at radius 3 is 2.40 bits per heavy atom. The Bertz CT molecular complexity index is 1160. The monoisotopic (exact) mass is 470 g/mol. The maximum atomic E-state index is 14.3. The third-order valence-electron chi connectivity index (χ3n) is 6.95. The molecule has 2 N–H and O–H groups in total. The minimum absolute atomic E-state index is 0.228. The lowest BCUT2D eigenvalue weighted by molar-refractivity contribution is -0.153. The molecule has 0 saturated heterocycles. The fourth-order valence-corrected chi connectivity index (χ4v) is 4.94. The molecule has 1 heterocycles. The quantitative estimate of drug-likeness (QED) is 0.471. The second-order valence-corrected chi connectivity index (χ2v) is 9.37. The number of aryl methyl sites for hydroxylation is 3. The number of benzene rings is 3. The number of nitrogens with zero attached hydrogens (tertiary/aromatic N) is 1. The van der Waals surface area contributed by atoms with Crippen LogP contribution in [-0.4, -0.2) is 24.0 Å². The Morgan fingerprint density at radius 1 is 1.00 bits per heavy atom. The van der Waals surface area contributed by atoms with Crippen LogP contribution < -0.4 is 10.6 Å². The number of carbonyl (C=O) groups is 2.